The predicted octanol–water partition coefficient (Wildman–Crippen LogP) is 3.45. The molecule has 8 heteroatoms. The quantitative estimate of drug-likeness (QED) is 0.713. The van der Waals surface area contributed by atoms with Crippen molar-refractivity contribution in [2.24, 2.45) is 0 Å². The molecule has 3 rings (SSSR count). The van der Waals surface area contributed by atoms with Gasteiger partial charge in [-0.15, -0.1) is 10.2 Å². The van der Waals surface area contributed by atoms with Gasteiger partial charge in [0.15, 0.2) is 5.76 Å². The Kier molecular flexibility index (Phi) is 5.43. The molecule has 0 unspecified atom stereocenters. The summed E-state index contributed by atoms with van der Waals surface area (Å²) < 4.78 is 10.7. The summed E-state index contributed by atoms with van der Waals surface area (Å²) in [5, 5.41) is 11.6. The van der Waals surface area contributed by atoms with E-state index in [1.807, 2.05) is 44.2 Å². The molecule has 1 amide bonds. The predicted molar refractivity (Wildman–Crippen MR) is 97.7 cm³/mol. The Morgan fingerprint density at radius 2 is 2.04 bits per heavy atom. The van der Waals surface area contributed by atoms with Gasteiger partial charge >= 0.3 is 0 Å². The summed E-state index contributed by atoms with van der Waals surface area (Å²) in [6.07, 6.45) is 1.14. The number of amides is 1. The summed E-state index contributed by atoms with van der Waals surface area (Å²) in [6.45, 7) is 4.21. The van der Waals surface area contributed by atoms with Crippen molar-refractivity contribution in [2.75, 3.05) is 5.32 Å². The van der Waals surface area contributed by atoms with Crippen molar-refractivity contribution in [3.8, 4) is 5.75 Å². The molecule has 3 aromatic rings. The van der Waals surface area contributed by atoms with Crippen LogP contribution in [-0.4, -0.2) is 16.1 Å². The second kappa shape index (κ2) is 7.92. The third-order valence-electron chi connectivity index (χ3n) is 3.41. The van der Waals surface area contributed by atoms with Crippen molar-refractivity contribution >= 4 is 22.4 Å². The molecule has 0 fully saturated rings. The Labute approximate surface area is 153 Å². The molecule has 7 nitrogen and oxygen atoms in total. The molecule has 2 aromatic heterocycles. The Balaban J connectivity index is 1.66. The van der Waals surface area contributed by atoms with E-state index < -0.39 is 11.3 Å². The lowest BCUT2D eigenvalue weighted by Gasteiger charge is -2.05. The average Bonchev–Trinajstić information content (AvgIpc) is 3.10. The van der Waals surface area contributed by atoms with Crippen molar-refractivity contribution in [3.63, 3.8) is 0 Å². The molecule has 1 N–H and O–H groups in total. The number of nitrogens with one attached hydrogen (secondary N) is 1. The molecule has 1 aromatic carbocycles. The van der Waals surface area contributed by atoms with Gasteiger partial charge in [-0.1, -0.05) is 55.5 Å². The van der Waals surface area contributed by atoms with Crippen molar-refractivity contribution in [3.05, 3.63) is 69.2 Å². The van der Waals surface area contributed by atoms with E-state index in [0.29, 0.717) is 5.13 Å². The van der Waals surface area contributed by atoms with Crippen LogP contribution in [0.25, 0.3) is 0 Å². The highest BCUT2D eigenvalue weighted by molar-refractivity contribution is 7.15. The van der Waals surface area contributed by atoms with E-state index in [9.17, 15) is 9.59 Å². The zero-order valence-electron chi connectivity index (χ0n) is 14.3. The van der Waals surface area contributed by atoms with Gasteiger partial charge < -0.3 is 9.15 Å². The standard InChI is InChI=1S/C18H17N3O4S/c1-11(2)17-20-21-18(26-17)19-16(23)14-8-13(22)15(10-25-14)24-9-12-6-4-3-5-7-12/h3-8,10-11H,9H2,1-2H3,(H,19,21,23). The monoisotopic (exact) mass is 371 g/mol. The highest BCUT2D eigenvalue weighted by Gasteiger charge is 2.15. The molecule has 0 aliphatic rings. The number of anilines is 1. The lowest BCUT2D eigenvalue weighted by Crippen LogP contribution is -2.15. The first-order valence-electron chi connectivity index (χ1n) is 7.97. The number of benzene rings is 1. The summed E-state index contributed by atoms with van der Waals surface area (Å²) in [5.74, 6) is -0.424. The summed E-state index contributed by atoms with van der Waals surface area (Å²) in [6, 6.07) is 10.5. The third-order valence-corrected chi connectivity index (χ3v) is 4.55. The molecule has 0 saturated carbocycles. The van der Waals surface area contributed by atoms with Crippen LogP contribution in [0.2, 0.25) is 0 Å². The second-order valence-electron chi connectivity index (χ2n) is 5.80. The van der Waals surface area contributed by atoms with E-state index in [0.717, 1.165) is 22.9 Å². The van der Waals surface area contributed by atoms with Gasteiger partial charge in [0.25, 0.3) is 5.91 Å². The Morgan fingerprint density at radius 3 is 2.69 bits per heavy atom. The van der Waals surface area contributed by atoms with Gasteiger partial charge in [-0.2, -0.15) is 0 Å². The van der Waals surface area contributed by atoms with Gasteiger partial charge in [0.05, 0.1) is 0 Å². The van der Waals surface area contributed by atoms with Crippen LogP contribution in [0.4, 0.5) is 5.13 Å². The zero-order chi connectivity index (χ0) is 18.5. The van der Waals surface area contributed by atoms with Crippen molar-refractivity contribution in [1.29, 1.82) is 0 Å². The van der Waals surface area contributed by atoms with Gasteiger partial charge in [-0.3, -0.25) is 14.9 Å². The van der Waals surface area contributed by atoms with Crippen LogP contribution in [0.3, 0.4) is 0 Å². The molecule has 0 aliphatic carbocycles. The Morgan fingerprint density at radius 1 is 1.27 bits per heavy atom. The van der Waals surface area contributed by atoms with E-state index in [-0.39, 0.29) is 24.0 Å². The maximum absolute atomic E-state index is 12.2. The van der Waals surface area contributed by atoms with Crippen LogP contribution < -0.4 is 15.5 Å². The number of hydrogen-bond acceptors (Lipinski definition) is 7. The van der Waals surface area contributed by atoms with E-state index in [1.165, 1.54) is 11.3 Å². The van der Waals surface area contributed by atoms with Gasteiger partial charge in [0.2, 0.25) is 16.3 Å². The van der Waals surface area contributed by atoms with Crippen LogP contribution >= 0.6 is 11.3 Å². The Bertz CT molecular complexity index is 950. The first-order chi connectivity index (χ1) is 12.5. The van der Waals surface area contributed by atoms with Gasteiger partial charge in [-0.25, -0.2) is 0 Å². The maximum atomic E-state index is 12.2. The minimum atomic E-state index is -0.567. The number of ether oxygens (including phenoxy) is 1. The third kappa shape index (κ3) is 4.34. The normalized spacial score (nSPS) is 10.7. The molecular weight excluding hydrogens is 354 g/mol. The molecule has 0 atom stereocenters. The van der Waals surface area contributed by atoms with Gasteiger partial charge in [0.1, 0.15) is 17.9 Å². The summed E-state index contributed by atoms with van der Waals surface area (Å²) in [5.41, 5.74) is 0.489. The SMILES string of the molecule is CC(C)c1nnc(NC(=O)c2cc(=O)c(OCc3ccccc3)co2)s1. The summed E-state index contributed by atoms with van der Waals surface area (Å²) >= 11 is 1.28. The topological polar surface area (TPSA) is 94.3 Å². The molecule has 0 bridgehead atoms. The molecular formula is C18H17N3O4S. The summed E-state index contributed by atoms with van der Waals surface area (Å²) in [4.78, 5) is 24.3. The molecule has 2 heterocycles. The molecule has 0 spiro atoms. The number of aromatic nitrogens is 2. The van der Waals surface area contributed by atoms with Crippen molar-refractivity contribution < 1.29 is 13.9 Å². The smallest absolute Gasteiger partial charge is 0.293 e. The van der Waals surface area contributed by atoms with Crippen LogP contribution in [-0.2, 0) is 6.61 Å². The Hall–Kier alpha value is -3.00. The minimum Gasteiger partial charge on any atom is -0.482 e. The van der Waals surface area contributed by atoms with Crippen LogP contribution in [0.15, 0.2) is 51.9 Å². The van der Waals surface area contributed by atoms with E-state index in [4.69, 9.17) is 9.15 Å². The molecule has 0 saturated heterocycles. The van der Waals surface area contributed by atoms with Crippen molar-refractivity contribution in [2.45, 2.75) is 26.4 Å². The van der Waals surface area contributed by atoms with Crippen LogP contribution in [0, 0.1) is 0 Å². The van der Waals surface area contributed by atoms with E-state index >= 15 is 0 Å². The first kappa shape index (κ1) is 17.8. The van der Waals surface area contributed by atoms with E-state index in [2.05, 4.69) is 15.5 Å². The number of nitrogens with zero attached hydrogens (tertiary/aromatic N) is 2. The highest BCUT2D eigenvalue weighted by atomic mass is 32.1. The fourth-order valence-electron chi connectivity index (χ4n) is 2.04. The van der Waals surface area contributed by atoms with Crippen LogP contribution in [0.5, 0.6) is 5.75 Å². The second-order valence-corrected chi connectivity index (χ2v) is 6.81. The lowest BCUT2D eigenvalue weighted by molar-refractivity contribution is 0.0993. The highest BCUT2D eigenvalue weighted by Crippen LogP contribution is 2.22. The van der Waals surface area contributed by atoms with Crippen molar-refractivity contribution in [1.82, 2.24) is 10.2 Å². The zero-order valence-corrected chi connectivity index (χ0v) is 15.1. The summed E-state index contributed by atoms with van der Waals surface area (Å²) in [7, 11) is 0. The molecule has 0 aliphatic heterocycles. The fraction of sp³-hybridized carbons (Fsp3) is 0.222. The maximum Gasteiger partial charge on any atom is 0.293 e. The number of carbonyl (C=O) groups excluding carboxylic acids is 1. The largest absolute Gasteiger partial charge is 0.482 e. The van der Waals surface area contributed by atoms with Gasteiger partial charge in [0, 0.05) is 12.0 Å². The number of hydrogen-bond donors (Lipinski definition) is 1. The molecule has 0 radical (unpaired) electrons. The van der Waals surface area contributed by atoms with E-state index in [1.54, 1.807) is 0 Å². The number of rotatable bonds is 6. The fourth-order valence-corrected chi connectivity index (χ4v) is 2.78. The molecule has 26 heavy (non-hydrogen) atoms. The molecule has 134 valence electrons. The lowest BCUT2D eigenvalue weighted by atomic mass is 10.2. The van der Waals surface area contributed by atoms with Crippen LogP contribution in [0.1, 0.15) is 40.9 Å². The minimum absolute atomic E-state index is 0.0448. The van der Waals surface area contributed by atoms with Gasteiger partial charge in [-0.05, 0) is 5.56 Å². The first-order valence-corrected chi connectivity index (χ1v) is 8.79. The number of carbonyl (C=O) groups is 1. The average molecular weight is 371 g/mol.